The molecule has 3 rings (SSSR count). The molecule has 218 valence electrons. The van der Waals surface area contributed by atoms with Crippen molar-refractivity contribution in [2.45, 2.75) is 59.2 Å². The van der Waals surface area contributed by atoms with Crippen molar-refractivity contribution in [3.05, 3.63) is 82.1 Å². The van der Waals surface area contributed by atoms with Crippen molar-refractivity contribution in [3.8, 4) is 11.3 Å². The molecular weight excluding hydrogens is 526 g/mol. The molecule has 0 saturated carbocycles. The minimum atomic E-state index is -0.564. The highest BCUT2D eigenvalue weighted by molar-refractivity contribution is 5.84. The SMILES string of the molecule is CCOC(=O)Nc1cccc(Cn2nc(-c3ccc(CNC(=O)CCCNC(=O)OC(C)(C)C)cc3)ccc2=O)c1. The summed E-state index contributed by atoms with van der Waals surface area (Å²) in [5.74, 6) is -0.115. The predicted molar refractivity (Wildman–Crippen MR) is 155 cm³/mol. The standard InChI is InChI=1S/C30H37N5O6/c1-5-40-29(39)33-24-9-6-8-22(18-24)20-35-27(37)16-15-25(34-35)23-13-11-21(12-14-23)19-32-26(36)10-7-17-31-28(38)41-30(2,3)4/h6,8-9,11-16,18H,5,7,10,17,19-20H2,1-4H3,(H,31,38)(H,32,36)(H,33,39). The average molecular weight is 564 g/mol. The van der Waals surface area contributed by atoms with E-state index in [2.05, 4.69) is 21.0 Å². The van der Waals surface area contributed by atoms with Crippen molar-refractivity contribution in [2.24, 2.45) is 0 Å². The molecule has 0 aliphatic heterocycles. The van der Waals surface area contributed by atoms with Gasteiger partial charge in [-0.3, -0.25) is 14.9 Å². The number of nitrogens with zero attached hydrogens (tertiary/aromatic N) is 2. The fourth-order valence-electron chi connectivity index (χ4n) is 3.76. The van der Waals surface area contributed by atoms with E-state index in [1.165, 1.54) is 10.7 Å². The smallest absolute Gasteiger partial charge is 0.411 e. The van der Waals surface area contributed by atoms with Crippen LogP contribution >= 0.6 is 0 Å². The molecule has 0 unspecified atom stereocenters. The molecule has 3 aromatic rings. The monoisotopic (exact) mass is 563 g/mol. The lowest BCUT2D eigenvalue weighted by Gasteiger charge is -2.19. The van der Waals surface area contributed by atoms with Gasteiger partial charge in [0.25, 0.3) is 5.56 Å². The third-order valence-corrected chi connectivity index (χ3v) is 5.64. The second-order valence-electron chi connectivity index (χ2n) is 10.3. The highest BCUT2D eigenvalue weighted by Gasteiger charge is 2.15. The summed E-state index contributed by atoms with van der Waals surface area (Å²) in [6.45, 7) is 8.30. The lowest BCUT2D eigenvalue weighted by atomic mass is 10.1. The quantitative estimate of drug-likeness (QED) is 0.293. The van der Waals surface area contributed by atoms with Gasteiger partial charge in [-0.05, 0) is 63.4 Å². The van der Waals surface area contributed by atoms with E-state index in [9.17, 15) is 19.2 Å². The van der Waals surface area contributed by atoms with Crippen LogP contribution in [0.5, 0.6) is 0 Å². The van der Waals surface area contributed by atoms with Crippen LogP contribution in [0.15, 0.2) is 65.5 Å². The van der Waals surface area contributed by atoms with Gasteiger partial charge in [-0.1, -0.05) is 36.4 Å². The number of hydrogen-bond acceptors (Lipinski definition) is 7. The zero-order valence-electron chi connectivity index (χ0n) is 23.9. The number of benzene rings is 2. The second-order valence-corrected chi connectivity index (χ2v) is 10.3. The number of hydrogen-bond donors (Lipinski definition) is 3. The Bertz CT molecular complexity index is 1400. The zero-order chi connectivity index (χ0) is 29.8. The largest absolute Gasteiger partial charge is 0.450 e. The number of rotatable bonds is 11. The van der Waals surface area contributed by atoms with Crippen LogP contribution in [-0.4, -0.2) is 46.6 Å². The molecule has 0 bridgehead atoms. The molecule has 3 N–H and O–H groups in total. The number of aromatic nitrogens is 2. The van der Waals surface area contributed by atoms with Crippen LogP contribution in [0.3, 0.4) is 0 Å². The van der Waals surface area contributed by atoms with Crippen molar-refractivity contribution in [3.63, 3.8) is 0 Å². The minimum absolute atomic E-state index is 0.115. The molecule has 3 amide bonds. The average Bonchev–Trinajstić information content (AvgIpc) is 2.91. The topological polar surface area (TPSA) is 141 Å². The van der Waals surface area contributed by atoms with E-state index in [1.54, 1.807) is 52.0 Å². The van der Waals surface area contributed by atoms with E-state index >= 15 is 0 Å². The summed E-state index contributed by atoms with van der Waals surface area (Å²) in [7, 11) is 0. The summed E-state index contributed by atoms with van der Waals surface area (Å²) in [6, 6.07) is 17.8. The minimum Gasteiger partial charge on any atom is -0.450 e. The van der Waals surface area contributed by atoms with E-state index in [0.29, 0.717) is 30.9 Å². The molecular formula is C30H37N5O6. The molecule has 41 heavy (non-hydrogen) atoms. The maximum atomic E-state index is 12.5. The normalized spacial score (nSPS) is 10.9. The fraction of sp³-hybridized carbons (Fsp3) is 0.367. The number of carbonyl (C=O) groups excluding carboxylic acids is 3. The lowest BCUT2D eigenvalue weighted by molar-refractivity contribution is -0.121. The van der Waals surface area contributed by atoms with Crippen LogP contribution in [0.4, 0.5) is 15.3 Å². The summed E-state index contributed by atoms with van der Waals surface area (Å²) in [4.78, 5) is 48.0. The van der Waals surface area contributed by atoms with Crippen molar-refractivity contribution in [1.29, 1.82) is 0 Å². The summed E-state index contributed by atoms with van der Waals surface area (Å²) < 4.78 is 11.4. The molecule has 11 nitrogen and oxygen atoms in total. The summed E-state index contributed by atoms with van der Waals surface area (Å²) in [5, 5.41) is 12.7. The first-order valence-corrected chi connectivity index (χ1v) is 13.5. The summed E-state index contributed by atoms with van der Waals surface area (Å²) in [5.41, 5.74) is 2.89. The van der Waals surface area contributed by atoms with Gasteiger partial charge >= 0.3 is 12.2 Å². The van der Waals surface area contributed by atoms with Gasteiger partial charge in [0.2, 0.25) is 5.91 Å². The fourth-order valence-corrected chi connectivity index (χ4v) is 3.76. The maximum absolute atomic E-state index is 12.5. The van der Waals surface area contributed by atoms with Crippen molar-refractivity contribution < 1.29 is 23.9 Å². The van der Waals surface area contributed by atoms with Gasteiger partial charge in [-0.25, -0.2) is 14.3 Å². The Kier molecular flexibility index (Phi) is 11.0. The molecule has 11 heteroatoms. The third kappa shape index (κ3) is 10.8. The number of anilines is 1. The summed E-state index contributed by atoms with van der Waals surface area (Å²) >= 11 is 0. The number of nitrogens with one attached hydrogen (secondary N) is 3. The van der Waals surface area contributed by atoms with Gasteiger partial charge in [0, 0.05) is 36.8 Å². The van der Waals surface area contributed by atoms with Gasteiger partial charge < -0.3 is 20.1 Å². The Balaban J connectivity index is 1.52. The highest BCUT2D eigenvalue weighted by atomic mass is 16.6. The van der Waals surface area contributed by atoms with Crippen LogP contribution in [-0.2, 0) is 27.4 Å². The Morgan fingerprint density at radius 1 is 0.927 bits per heavy atom. The third-order valence-electron chi connectivity index (χ3n) is 5.64. The number of carbonyl (C=O) groups is 3. The molecule has 0 spiro atoms. The first-order chi connectivity index (χ1) is 19.5. The molecule has 0 atom stereocenters. The summed E-state index contributed by atoms with van der Waals surface area (Å²) in [6.07, 6.45) is -0.267. The number of amides is 3. The first kappa shape index (κ1) is 30.9. The predicted octanol–water partition coefficient (Wildman–Crippen LogP) is 4.45. The van der Waals surface area contributed by atoms with Crippen LogP contribution in [0.25, 0.3) is 11.3 Å². The van der Waals surface area contributed by atoms with E-state index in [1.807, 2.05) is 30.3 Å². The Morgan fingerprint density at radius 2 is 1.68 bits per heavy atom. The first-order valence-electron chi connectivity index (χ1n) is 13.5. The Hall–Kier alpha value is -4.67. The van der Waals surface area contributed by atoms with Gasteiger partial charge in [0.05, 0.1) is 18.8 Å². The number of ether oxygens (including phenoxy) is 2. The lowest BCUT2D eigenvalue weighted by Crippen LogP contribution is -2.33. The van der Waals surface area contributed by atoms with Crippen LogP contribution in [0.2, 0.25) is 0 Å². The van der Waals surface area contributed by atoms with Gasteiger partial charge in [-0.2, -0.15) is 5.10 Å². The molecule has 0 aliphatic rings. The molecule has 0 saturated heterocycles. The van der Waals surface area contributed by atoms with E-state index in [4.69, 9.17) is 9.47 Å². The van der Waals surface area contributed by atoms with E-state index in [0.717, 1.165) is 16.7 Å². The van der Waals surface area contributed by atoms with Crippen molar-refractivity contribution in [1.82, 2.24) is 20.4 Å². The maximum Gasteiger partial charge on any atom is 0.411 e. The van der Waals surface area contributed by atoms with Crippen molar-refractivity contribution in [2.75, 3.05) is 18.5 Å². The molecule has 0 aliphatic carbocycles. The molecule has 2 aromatic carbocycles. The van der Waals surface area contributed by atoms with Crippen LogP contribution in [0.1, 0.15) is 51.7 Å². The van der Waals surface area contributed by atoms with Crippen molar-refractivity contribution >= 4 is 23.8 Å². The van der Waals surface area contributed by atoms with Crippen LogP contribution in [0, 0.1) is 0 Å². The van der Waals surface area contributed by atoms with Gasteiger partial charge in [-0.15, -0.1) is 0 Å². The van der Waals surface area contributed by atoms with Gasteiger partial charge in [0.1, 0.15) is 5.60 Å². The molecule has 0 radical (unpaired) electrons. The Morgan fingerprint density at radius 3 is 2.39 bits per heavy atom. The molecule has 1 heterocycles. The molecule has 1 aromatic heterocycles. The Labute approximate surface area is 239 Å². The highest BCUT2D eigenvalue weighted by Crippen LogP contribution is 2.17. The van der Waals surface area contributed by atoms with Gasteiger partial charge in [0.15, 0.2) is 0 Å². The second kappa shape index (κ2) is 14.6. The number of alkyl carbamates (subject to hydrolysis) is 1. The van der Waals surface area contributed by atoms with E-state index in [-0.39, 0.29) is 31.0 Å². The van der Waals surface area contributed by atoms with Crippen LogP contribution < -0.4 is 21.5 Å². The molecule has 0 fully saturated rings. The zero-order valence-corrected chi connectivity index (χ0v) is 23.9. The van der Waals surface area contributed by atoms with E-state index < -0.39 is 17.8 Å².